The Bertz CT molecular complexity index is 1020. The molecule has 28 heavy (non-hydrogen) atoms. The molecule has 0 fully saturated rings. The summed E-state index contributed by atoms with van der Waals surface area (Å²) in [6.07, 6.45) is 1.48. The minimum Gasteiger partial charge on any atom is -0.495 e. The molecule has 0 saturated heterocycles. The molecule has 2 aromatic rings. The van der Waals surface area contributed by atoms with Crippen molar-refractivity contribution in [1.29, 1.82) is 0 Å². The molecule has 0 aromatic heterocycles. The van der Waals surface area contributed by atoms with Gasteiger partial charge in [-0.25, -0.2) is 0 Å². The maximum atomic E-state index is 12.9. The number of nitrogens with one attached hydrogen (secondary N) is 1. The van der Waals surface area contributed by atoms with Crippen LogP contribution >= 0.6 is 34.8 Å². The smallest absolute Gasteiger partial charge is 0.278 e. The number of benzene rings is 2. The van der Waals surface area contributed by atoms with Crippen LogP contribution in [0.5, 0.6) is 5.75 Å². The molecule has 0 unspecified atom stereocenters. The topological polar surface area (TPSA) is 58.6 Å². The van der Waals surface area contributed by atoms with Gasteiger partial charge in [-0.2, -0.15) is 0 Å². The second kappa shape index (κ2) is 8.27. The van der Waals surface area contributed by atoms with Crippen LogP contribution in [0.15, 0.2) is 54.8 Å². The van der Waals surface area contributed by atoms with Gasteiger partial charge in [0.2, 0.25) is 0 Å². The van der Waals surface area contributed by atoms with Crippen LogP contribution in [0.4, 0.5) is 5.69 Å². The average molecular weight is 438 g/mol. The lowest BCUT2D eigenvalue weighted by molar-refractivity contribution is -0.136. The van der Waals surface area contributed by atoms with Gasteiger partial charge in [-0.1, -0.05) is 46.9 Å². The zero-order valence-electron chi connectivity index (χ0n) is 14.8. The monoisotopic (exact) mass is 436 g/mol. The number of ether oxygens (including phenoxy) is 1. The molecule has 0 radical (unpaired) electrons. The van der Waals surface area contributed by atoms with Crippen molar-refractivity contribution in [3.8, 4) is 5.75 Å². The van der Waals surface area contributed by atoms with Gasteiger partial charge < -0.3 is 10.1 Å². The number of carbonyl (C=O) groups is 2. The van der Waals surface area contributed by atoms with Gasteiger partial charge in [0.25, 0.3) is 11.8 Å². The summed E-state index contributed by atoms with van der Waals surface area (Å²) in [4.78, 5) is 26.9. The molecule has 0 atom stereocenters. The SMILES string of the molecule is C=CCN1C(=O)C(Nc2ccc(OC)c(Cl)c2)=C(c2ccc(Cl)cc2Cl)C1=O. The first-order valence-corrected chi connectivity index (χ1v) is 9.28. The van der Waals surface area contributed by atoms with Crippen molar-refractivity contribution < 1.29 is 14.3 Å². The third kappa shape index (κ3) is 3.74. The van der Waals surface area contributed by atoms with Gasteiger partial charge in [-0.3, -0.25) is 14.5 Å². The van der Waals surface area contributed by atoms with Crippen LogP contribution in [-0.4, -0.2) is 30.4 Å². The number of carbonyl (C=O) groups excluding carboxylic acids is 2. The van der Waals surface area contributed by atoms with E-state index in [0.717, 1.165) is 4.90 Å². The number of anilines is 1. The highest BCUT2D eigenvalue weighted by Gasteiger charge is 2.39. The van der Waals surface area contributed by atoms with Crippen molar-refractivity contribution in [3.05, 3.63) is 75.4 Å². The Morgan fingerprint density at radius 1 is 1.07 bits per heavy atom. The van der Waals surface area contributed by atoms with Crippen molar-refractivity contribution in [2.45, 2.75) is 0 Å². The Balaban J connectivity index is 2.11. The molecule has 0 spiro atoms. The number of rotatable bonds is 6. The van der Waals surface area contributed by atoms with Crippen molar-refractivity contribution in [3.63, 3.8) is 0 Å². The molecule has 1 N–H and O–H groups in total. The summed E-state index contributed by atoms with van der Waals surface area (Å²) in [5.41, 5.74) is 1.17. The van der Waals surface area contributed by atoms with Crippen LogP contribution in [0, 0.1) is 0 Å². The van der Waals surface area contributed by atoms with Crippen LogP contribution in [0.2, 0.25) is 15.1 Å². The highest BCUT2D eigenvalue weighted by molar-refractivity contribution is 6.41. The van der Waals surface area contributed by atoms with E-state index in [4.69, 9.17) is 39.5 Å². The minimum atomic E-state index is -0.488. The first-order chi connectivity index (χ1) is 13.4. The van der Waals surface area contributed by atoms with Crippen molar-refractivity contribution in [2.24, 2.45) is 0 Å². The molecule has 1 heterocycles. The van der Waals surface area contributed by atoms with Crippen molar-refractivity contribution in [1.82, 2.24) is 4.90 Å². The number of imide groups is 1. The number of methoxy groups -OCH3 is 1. The maximum absolute atomic E-state index is 12.9. The molecule has 144 valence electrons. The molecule has 2 aromatic carbocycles. The third-order valence-corrected chi connectivity index (χ3v) is 4.94. The van der Waals surface area contributed by atoms with Crippen LogP contribution in [0.3, 0.4) is 0 Å². The molecule has 8 heteroatoms. The van der Waals surface area contributed by atoms with Gasteiger partial charge in [0.05, 0.1) is 22.7 Å². The Morgan fingerprint density at radius 3 is 2.43 bits per heavy atom. The highest BCUT2D eigenvalue weighted by atomic mass is 35.5. The Kier molecular flexibility index (Phi) is 5.98. The van der Waals surface area contributed by atoms with E-state index in [-0.39, 0.29) is 22.8 Å². The zero-order chi connectivity index (χ0) is 20.4. The molecule has 2 amide bonds. The molecule has 1 aliphatic rings. The fraction of sp³-hybridized carbons (Fsp3) is 0.100. The summed E-state index contributed by atoms with van der Waals surface area (Å²) in [6, 6.07) is 9.66. The lowest BCUT2D eigenvalue weighted by Crippen LogP contribution is -2.32. The molecule has 5 nitrogen and oxygen atoms in total. The van der Waals surface area contributed by atoms with Crippen molar-refractivity contribution in [2.75, 3.05) is 19.0 Å². The molecule has 0 aliphatic carbocycles. The second-order valence-corrected chi connectivity index (χ2v) is 7.11. The second-order valence-electron chi connectivity index (χ2n) is 5.86. The summed E-state index contributed by atoms with van der Waals surface area (Å²) >= 11 is 18.4. The number of nitrogens with zero attached hydrogens (tertiary/aromatic N) is 1. The molecule has 1 aliphatic heterocycles. The van der Waals surface area contributed by atoms with E-state index in [1.54, 1.807) is 30.3 Å². The lowest BCUT2D eigenvalue weighted by atomic mass is 10.0. The van der Waals surface area contributed by atoms with Crippen LogP contribution in [0.1, 0.15) is 5.56 Å². The summed E-state index contributed by atoms with van der Waals surface area (Å²) in [5.74, 6) is -0.474. The van der Waals surface area contributed by atoms with E-state index >= 15 is 0 Å². The first kappa shape index (κ1) is 20.3. The van der Waals surface area contributed by atoms with Crippen molar-refractivity contribution >= 4 is 57.9 Å². The highest BCUT2D eigenvalue weighted by Crippen LogP contribution is 2.36. The molecular formula is C20H15Cl3N2O3. The largest absolute Gasteiger partial charge is 0.495 e. The number of amides is 2. The van der Waals surface area contributed by atoms with Gasteiger partial charge in [-0.05, 0) is 30.3 Å². The van der Waals surface area contributed by atoms with Gasteiger partial charge in [0.1, 0.15) is 11.4 Å². The predicted octanol–water partition coefficient (Wildman–Crippen LogP) is 5.03. The fourth-order valence-corrected chi connectivity index (χ4v) is 3.58. The maximum Gasteiger partial charge on any atom is 0.278 e. The average Bonchev–Trinajstić information content (AvgIpc) is 2.87. The summed E-state index contributed by atoms with van der Waals surface area (Å²) in [7, 11) is 1.50. The van der Waals surface area contributed by atoms with E-state index in [1.165, 1.54) is 19.3 Å². The molecule has 0 saturated carbocycles. The van der Waals surface area contributed by atoms with Gasteiger partial charge in [-0.15, -0.1) is 6.58 Å². The summed E-state index contributed by atoms with van der Waals surface area (Å²) < 4.78 is 5.13. The van der Waals surface area contributed by atoms with Crippen LogP contribution in [-0.2, 0) is 9.59 Å². The van der Waals surface area contributed by atoms with Gasteiger partial charge >= 0.3 is 0 Å². The minimum absolute atomic E-state index is 0.0704. The third-order valence-electron chi connectivity index (χ3n) is 4.10. The van der Waals surface area contributed by atoms with E-state index in [9.17, 15) is 9.59 Å². The standard InChI is InChI=1S/C20H15Cl3N2O3/c1-3-8-25-19(26)17(13-6-4-11(21)9-14(13)22)18(20(25)27)24-12-5-7-16(28-2)15(23)10-12/h3-7,9-10,24H,1,8H2,2H3. The summed E-state index contributed by atoms with van der Waals surface area (Å²) in [6.45, 7) is 3.67. The predicted molar refractivity (Wildman–Crippen MR) is 112 cm³/mol. The van der Waals surface area contributed by atoms with Crippen LogP contribution < -0.4 is 10.1 Å². The zero-order valence-corrected chi connectivity index (χ0v) is 17.0. The summed E-state index contributed by atoms with van der Waals surface area (Å²) in [5, 5.41) is 4.04. The Labute approximate surface area is 177 Å². The molecular weight excluding hydrogens is 423 g/mol. The number of halogens is 3. The lowest BCUT2D eigenvalue weighted by Gasteiger charge is -2.13. The quantitative estimate of drug-likeness (QED) is 0.508. The Morgan fingerprint density at radius 2 is 1.82 bits per heavy atom. The normalized spacial score (nSPS) is 13.9. The van der Waals surface area contributed by atoms with E-state index in [2.05, 4.69) is 11.9 Å². The van der Waals surface area contributed by atoms with E-state index in [0.29, 0.717) is 27.0 Å². The Hall–Kier alpha value is -2.47. The van der Waals surface area contributed by atoms with E-state index < -0.39 is 11.8 Å². The number of hydrogen-bond donors (Lipinski definition) is 1. The molecule has 3 rings (SSSR count). The first-order valence-electron chi connectivity index (χ1n) is 8.14. The molecule has 0 bridgehead atoms. The number of hydrogen-bond acceptors (Lipinski definition) is 4. The van der Waals surface area contributed by atoms with E-state index in [1.807, 2.05) is 0 Å². The fourth-order valence-electron chi connectivity index (χ4n) is 2.82. The van der Waals surface area contributed by atoms with Gasteiger partial charge in [0, 0.05) is 22.8 Å². The van der Waals surface area contributed by atoms with Crippen LogP contribution in [0.25, 0.3) is 5.57 Å². The van der Waals surface area contributed by atoms with Gasteiger partial charge in [0.15, 0.2) is 0 Å².